The van der Waals surface area contributed by atoms with E-state index in [4.69, 9.17) is 0 Å². The first-order valence-electron chi connectivity index (χ1n) is 9.40. The summed E-state index contributed by atoms with van der Waals surface area (Å²) < 4.78 is 2.20. The van der Waals surface area contributed by atoms with Crippen LogP contribution < -0.4 is 0 Å². The van der Waals surface area contributed by atoms with E-state index in [1.165, 1.54) is 0 Å². The van der Waals surface area contributed by atoms with E-state index in [0.717, 1.165) is 22.4 Å². The van der Waals surface area contributed by atoms with Crippen molar-refractivity contribution >= 4 is 6.29 Å². The van der Waals surface area contributed by atoms with E-state index in [9.17, 15) is 4.79 Å². The third-order valence-corrected chi connectivity index (χ3v) is 5.13. The van der Waals surface area contributed by atoms with Crippen molar-refractivity contribution in [3.05, 3.63) is 126 Å². The zero-order valence-corrected chi connectivity index (χ0v) is 15.5. The minimum atomic E-state index is -0.585. The molecule has 137 valence electrons. The summed E-state index contributed by atoms with van der Waals surface area (Å²) in [6.45, 7) is 0. The standard InChI is InChI=1S/C25H21N2O/c28-18-10-17-24-19-26-20-27(24)25(21-11-4-1-5-12-21,22-13-6-2-7-14-22)23-15-8-3-9-16-23/h1-9,11-16,19-20H,10,17H2. The van der Waals surface area contributed by atoms with Gasteiger partial charge in [-0.05, 0) is 23.1 Å². The van der Waals surface area contributed by atoms with Crippen molar-refractivity contribution in [2.45, 2.75) is 18.4 Å². The van der Waals surface area contributed by atoms with Gasteiger partial charge in [-0.3, -0.25) is 4.79 Å². The van der Waals surface area contributed by atoms with Crippen LogP contribution in [0.3, 0.4) is 0 Å². The molecule has 0 spiro atoms. The molecule has 0 bridgehead atoms. The van der Waals surface area contributed by atoms with Gasteiger partial charge in [-0.1, -0.05) is 91.0 Å². The highest BCUT2D eigenvalue weighted by atomic mass is 16.1. The number of hydrogen-bond acceptors (Lipinski definition) is 2. The van der Waals surface area contributed by atoms with Gasteiger partial charge in [-0.25, -0.2) is 4.98 Å². The largest absolute Gasteiger partial charge is 0.316 e. The minimum absolute atomic E-state index is 0.347. The predicted octanol–water partition coefficient (Wildman–Crippen LogP) is 4.77. The molecular weight excluding hydrogens is 344 g/mol. The lowest BCUT2D eigenvalue weighted by Crippen LogP contribution is -2.38. The van der Waals surface area contributed by atoms with Gasteiger partial charge < -0.3 is 4.57 Å². The molecule has 1 heterocycles. The number of rotatable bonds is 7. The molecule has 1 radical (unpaired) electrons. The first-order valence-corrected chi connectivity index (χ1v) is 9.40. The molecule has 0 aliphatic heterocycles. The van der Waals surface area contributed by atoms with E-state index >= 15 is 0 Å². The third-order valence-electron chi connectivity index (χ3n) is 5.13. The van der Waals surface area contributed by atoms with Crippen LogP contribution in [-0.2, 0) is 16.8 Å². The Bertz CT molecular complexity index is 927. The zero-order chi connectivity index (χ0) is 19.2. The lowest BCUT2D eigenvalue weighted by molar-refractivity contribution is 0.494. The zero-order valence-electron chi connectivity index (χ0n) is 15.5. The molecule has 4 aromatic rings. The number of carbonyl (C=O) groups excluding carboxylic acids is 1. The highest BCUT2D eigenvalue weighted by molar-refractivity contribution is 5.53. The van der Waals surface area contributed by atoms with Crippen molar-refractivity contribution in [1.29, 1.82) is 0 Å². The summed E-state index contributed by atoms with van der Waals surface area (Å²) in [5.74, 6) is 0. The fraction of sp³-hybridized carbons (Fsp3) is 0.120. The second-order valence-corrected chi connectivity index (χ2v) is 6.71. The van der Waals surface area contributed by atoms with Crippen LogP contribution in [0.15, 0.2) is 104 Å². The Morgan fingerprint density at radius 3 is 1.64 bits per heavy atom. The van der Waals surface area contributed by atoms with Crippen LogP contribution in [0.2, 0.25) is 0 Å². The Hall–Kier alpha value is -3.46. The number of benzene rings is 3. The van der Waals surface area contributed by atoms with Gasteiger partial charge in [0.05, 0.1) is 6.33 Å². The summed E-state index contributed by atoms with van der Waals surface area (Å²) in [5, 5.41) is 0. The SMILES string of the molecule is O=[C]CCc1cncn1C(c1ccccc1)(c1ccccc1)c1ccccc1. The van der Waals surface area contributed by atoms with E-state index in [0.29, 0.717) is 12.8 Å². The molecule has 0 amide bonds. The quantitative estimate of drug-likeness (QED) is 0.442. The summed E-state index contributed by atoms with van der Waals surface area (Å²) in [7, 11) is 0. The molecule has 1 aromatic heterocycles. The average Bonchev–Trinajstić information content (AvgIpc) is 3.24. The number of nitrogens with zero attached hydrogens (tertiary/aromatic N) is 2. The highest BCUT2D eigenvalue weighted by Crippen LogP contribution is 2.41. The molecule has 0 N–H and O–H groups in total. The molecule has 0 saturated heterocycles. The first-order chi connectivity index (χ1) is 13.9. The predicted molar refractivity (Wildman–Crippen MR) is 111 cm³/mol. The molecular formula is C25H21N2O. The van der Waals surface area contributed by atoms with Crippen molar-refractivity contribution in [2.24, 2.45) is 0 Å². The minimum Gasteiger partial charge on any atom is -0.316 e. The Kier molecular flexibility index (Phi) is 5.16. The maximum atomic E-state index is 10.9. The van der Waals surface area contributed by atoms with Crippen molar-refractivity contribution in [3.63, 3.8) is 0 Å². The monoisotopic (exact) mass is 365 g/mol. The number of hydrogen-bond donors (Lipinski definition) is 0. The van der Waals surface area contributed by atoms with Crippen molar-refractivity contribution in [1.82, 2.24) is 9.55 Å². The third kappa shape index (κ3) is 3.05. The van der Waals surface area contributed by atoms with Crippen LogP contribution in [0.5, 0.6) is 0 Å². The lowest BCUT2D eigenvalue weighted by atomic mass is 9.76. The number of aromatic nitrogens is 2. The van der Waals surface area contributed by atoms with Gasteiger partial charge in [0.25, 0.3) is 0 Å². The molecule has 0 aliphatic carbocycles. The Morgan fingerprint density at radius 2 is 1.21 bits per heavy atom. The summed E-state index contributed by atoms with van der Waals surface area (Å²) in [6, 6.07) is 31.3. The average molecular weight is 365 g/mol. The first kappa shape index (κ1) is 17.9. The molecule has 0 unspecified atom stereocenters. The maximum Gasteiger partial charge on any atom is 0.198 e. The van der Waals surface area contributed by atoms with Gasteiger partial charge in [0.15, 0.2) is 6.29 Å². The molecule has 3 aromatic carbocycles. The maximum absolute atomic E-state index is 10.9. The molecule has 3 heteroatoms. The van der Waals surface area contributed by atoms with Crippen LogP contribution in [0, 0.1) is 0 Å². The van der Waals surface area contributed by atoms with Crippen LogP contribution in [-0.4, -0.2) is 15.8 Å². The number of imidazole rings is 1. The molecule has 28 heavy (non-hydrogen) atoms. The lowest BCUT2D eigenvalue weighted by Gasteiger charge is -2.38. The van der Waals surface area contributed by atoms with Gasteiger partial charge in [0.2, 0.25) is 0 Å². The molecule has 3 nitrogen and oxygen atoms in total. The molecule has 0 fully saturated rings. The van der Waals surface area contributed by atoms with Gasteiger partial charge in [-0.2, -0.15) is 0 Å². The fourth-order valence-electron chi connectivity index (χ4n) is 3.94. The summed E-state index contributed by atoms with van der Waals surface area (Å²) in [6.07, 6.45) is 6.67. The van der Waals surface area contributed by atoms with Crippen LogP contribution in [0.4, 0.5) is 0 Å². The van der Waals surface area contributed by atoms with Crippen LogP contribution in [0.25, 0.3) is 0 Å². The van der Waals surface area contributed by atoms with Gasteiger partial charge in [0.1, 0.15) is 5.54 Å². The van der Waals surface area contributed by atoms with E-state index in [-0.39, 0.29) is 0 Å². The molecule has 4 rings (SSSR count). The molecule has 0 saturated carbocycles. The van der Waals surface area contributed by atoms with Crippen molar-refractivity contribution in [2.75, 3.05) is 0 Å². The van der Waals surface area contributed by atoms with E-state index in [1.54, 1.807) is 0 Å². The summed E-state index contributed by atoms with van der Waals surface area (Å²) >= 11 is 0. The molecule has 0 aliphatic rings. The highest BCUT2D eigenvalue weighted by Gasteiger charge is 2.39. The second kappa shape index (κ2) is 8.05. The topological polar surface area (TPSA) is 34.9 Å². The van der Waals surface area contributed by atoms with Crippen molar-refractivity contribution < 1.29 is 4.79 Å². The Morgan fingerprint density at radius 1 is 0.750 bits per heavy atom. The van der Waals surface area contributed by atoms with E-state index < -0.39 is 5.54 Å². The smallest absolute Gasteiger partial charge is 0.198 e. The summed E-state index contributed by atoms with van der Waals surface area (Å²) in [5.41, 5.74) is 3.84. The van der Waals surface area contributed by atoms with Gasteiger partial charge in [0, 0.05) is 18.3 Å². The van der Waals surface area contributed by atoms with E-state index in [2.05, 4.69) is 82.3 Å². The second-order valence-electron chi connectivity index (χ2n) is 6.71. The van der Waals surface area contributed by atoms with Crippen molar-refractivity contribution in [3.8, 4) is 0 Å². The summed E-state index contributed by atoms with van der Waals surface area (Å²) in [4.78, 5) is 15.4. The Labute approximate surface area is 165 Å². The molecule has 0 atom stereocenters. The fourth-order valence-corrected chi connectivity index (χ4v) is 3.94. The van der Waals surface area contributed by atoms with Gasteiger partial charge in [-0.15, -0.1) is 0 Å². The number of aryl methyl sites for hydroxylation is 1. The van der Waals surface area contributed by atoms with E-state index in [1.807, 2.05) is 37.0 Å². The van der Waals surface area contributed by atoms with Gasteiger partial charge >= 0.3 is 0 Å². The van der Waals surface area contributed by atoms with Crippen LogP contribution >= 0.6 is 0 Å². The Balaban J connectivity index is 2.08. The van der Waals surface area contributed by atoms with Crippen LogP contribution in [0.1, 0.15) is 28.8 Å². The normalized spacial score (nSPS) is 11.3.